The number of amides is 1. The summed E-state index contributed by atoms with van der Waals surface area (Å²) in [5, 5.41) is 13.8. The van der Waals surface area contributed by atoms with Gasteiger partial charge in [-0.2, -0.15) is 0 Å². The lowest BCUT2D eigenvalue weighted by Gasteiger charge is -2.27. The quantitative estimate of drug-likeness (QED) is 0.910. The van der Waals surface area contributed by atoms with Gasteiger partial charge in [-0.25, -0.2) is 0 Å². The zero-order valence-corrected chi connectivity index (χ0v) is 13.7. The molecular weight excluding hydrogens is 286 g/mol. The van der Waals surface area contributed by atoms with E-state index in [2.05, 4.69) is 17.4 Å². The Balaban J connectivity index is 1.96. The van der Waals surface area contributed by atoms with Crippen molar-refractivity contribution in [3.63, 3.8) is 0 Å². The molecule has 1 aliphatic carbocycles. The van der Waals surface area contributed by atoms with Crippen LogP contribution < -0.4 is 5.32 Å². The summed E-state index contributed by atoms with van der Waals surface area (Å²) in [4.78, 5) is 11.4. The highest BCUT2D eigenvalue weighted by atomic mass is 16.3. The van der Waals surface area contributed by atoms with Crippen LogP contribution in [0.1, 0.15) is 59.7 Å². The van der Waals surface area contributed by atoms with E-state index in [1.165, 1.54) is 5.56 Å². The van der Waals surface area contributed by atoms with Gasteiger partial charge in [0.05, 0.1) is 6.04 Å². The van der Waals surface area contributed by atoms with E-state index < -0.39 is 6.10 Å². The molecule has 1 aliphatic rings. The molecule has 3 nitrogen and oxygen atoms in total. The third kappa shape index (κ3) is 3.30. The van der Waals surface area contributed by atoms with Gasteiger partial charge < -0.3 is 10.4 Å². The number of carbonyl (C=O) groups excluding carboxylic acids is 1. The number of hydrogen-bond acceptors (Lipinski definition) is 2. The van der Waals surface area contributed by atoms with Crippen LogP contribution in [0.5, 0.6) is 0 Å². The van der Waals surface area contributed by atoms with E-state index in [9.17, 15) is 9.90 Å². The molecule has 1 amide bonds. The summed E-state index contributed by atoms with van der Waals surface area (Å²) in [6.45, 7) is 3.57. The first-order valence-electron chi connectivity index (χ1n) is 8.19. The average molecular weight is 309 g/mol. The monoisotopic (exact) mass is 309 g/mol. The van der Waals surface area contributed by atoms with Crippen LogP contribution in [0.3, 0.4) is 0 Å². The minimum atomic E-state index is -0.638. The fourth-order valence-electron chi connectivity index (χ4n) is 3.46. The normalized spacial score (nSPS) is 18.1. The number of benzene rings is 2. The van der Waals surface area contributed by atoms with Gasteiger partial charge in [-0.05, 0) is 54.0 Å². The van der Waals surface area contributed by atoms with Crippen molar-refractivity contribution in [2.24, 2.45) is 0 Å². The molecule has 0 fully saturated rings. The number of nitrogens with one attached hydrogen (secondary N) is 1. The molecule has 0 aliphatic heterocycles. The van der Waals surface area contributed by atoms with Crippen LogP contribution in [0.2, 0.25) is 0 Å². The molecule has 2 atom stereocenters. The van der Waals surface area contributed by atoms with Crippen molar-refractivity contribution in [3.05, 3.63) is 70.3 Å². The van der Waals surface area contributed by atoms with Gasteiger partial charge in [-0.1, -0.05) is 42.5 Å². The Morgan fingerprint density at radius 2 is 2.04 bits per heavy atom. The Labute approximate surface area is 137 Å². The first kappa shape index (κ1) is 15.8. The van der Waals surface area contributed by atoms with Crippen LogP contribution in [-0.4, -0.2) is 11.0 Å². The molecular formula is C20H23NO2. The van der Waals surface area contributed by atoms with Crippen LogP contribution >= 0.6 is 0 Å². The number of hydrogen-bond donors (Lipinski definition) is 2. The first-order valence-corrected chi connectivity index (χ1v) is 8.19. The van der Waals surface area contributed by atoms with E-state index in [-0.39, 0.29) is 11.9 Å². The molecule has 120 valence electrons. The highest BCUT2D eigenvalue weighted by Crippen LogP contribution is 2.33. The molecule has 3 rings (SSSR count). The lowest BCUT2D eigenvalue weighted by atomic mass is 9.85. The Morgan fingerprint density at radius 1 is 1.26 bits per heavy atom. The highest BCUT2D eigenvalue weighted by molar-refractivity contribution is 5.73. The maximum atomic E-state index is 11.4. The Hall–Kier alpha value is -2.13. The zero-order valence-electron chi connectivity index (χ0n) is 13.7. The van der Waals surface area contributed by atoms with Crippen LogP contribution in [0.15, 0.2) is 42.5 Å². The Kier molecular flexibility index (Phi) is 4.49. The average Bonchev–Trinajstić information content (AvgIpc) is 2.54. The molecule has 0 saturated heterocycles. The summed E-state index contributed by atoms with van der Waals surface area (Å²) in [5.41, 5.74) is 5.32. The summed E-state index contributed by atoms with van der Waals surface area (Å²) in [6.07, 6.45) is 2.43. The highest BCUT2D eigenvalue weighted by Gasteiger charge is 2.23. The standard InChI is InChI=1S/C20H23NO2/c1-13-6-3-4-8-17(13)20(23)16-11-10-15-7-5-9-19(18(15)12-16)21-14(2)22/h3-4,6,8,10-12,19-20,23H,5,7,9H2,1-2H3,(H,21,22). The molecule has 2 aromatic rings. The molecule has 0 spiro atoms. The largest absolute Gasteiger partial charge is 0.384 e. The number of aliphatic hydroxyl groups excluding tert-OH is 1. The van der Waals surface area contributed by atoms with E-state index in [1.54, 1.807) is 6.92 Å². The maximum Gasteiger partial charge on any atom is 0.217 e. The summed E-state index contributed by atoms with van der Waals surface area (Å²) in [5.74, 6) is -0.00675. The summed E-state index contributed by atoms with van der Waals surface area (Å²) >= 11 is 0. The summed E-state index contributed by atoms with van der Waals surface area (Å²) < 4.78 is 0. The number of carbonyl (C=O) groups is 1. The smallest absolute Gasteiger partial charge is 0.217 e. The zero-order chi connectivity index (χ0) is 16.4. The van der Waals surface area contributed by atoms with Gasteiger partial charge >= 0.3 is 0 Å². The van der Waals surface area contributed by atoms with Crippen molar-refractivity contribution in [2.45, 2.75) is 45.3 Å². The minimum absolute atomic E-state index is 0.00675. The fourth-order valence-corrected chi connectivity index (χ4v) is 3.46. The number of aliphatic hydroxyl groups is 1. The molecule has 0 radical (unpaired) electrons. The van der Waals surface area contributed by atoms with Gasteiger partial charge in [0, 0.05) is 6.92 Å². The van der Waals surface area contributed by atoms with Crippen molar-refractivity contribution in [1.29, 1.82) is 0 Å². The third-order valence-corrected chi connectivity index (χ3v) is 4.66. The topological polar surface area (TPSA) is 49.3 Å². The summed E-state index contributed by atoms with van der Waals surface area (Å²) in [6, 6.07) is 14.1. The molecule has 23 heavy (non-hydrogen) atoms. The van der Waals surface area contributed by atoms with Gasteiger partial charge in [0.1, 0.15) is 6.10 Å². The van der Waals surface area contributed by atoms with E-state index >= 15 is 0 Å². The second kappa shape index (κ2) is 6.55. The maximum absolute atomic E-state index is 11.4. The Morgan fingerprint density at radius 3 is 2.78 bits per heavy atom. The van der Waals surface area contributed by atoms with Crippen molar-refractivity contribution in [1.82, 2.24) is 5.32 Å². The molecule has 2 aromatic carbocycles. The molecule has 2 N–H and O–H groups in total. The van der Waals surface area contributed by atoms with E-state index in [0.29, 0.717) is 0 Å². The number of fused-ring (bicyclic) bond motifs is 1. The molecule has 2 unspecified atom stereocenters. The van der Waals surface area contributed by atoms with E-state index in [1.807, 2.05) is 37.3 Å². The second-order valence-electron chi connectivity index (χ2n) is 6.36. The summed E-state index contributed by atoms with van der Waals surface area (Å²) in [7, 11) is 0. The van der Waals surface area contributed by atoms with Gasteiger partial charge in [-0.15, -0.1) is 0 Å². The van der Waals surface area contributed by atoms with Gasteiger partial charge in [0.25, 0.3) is 0 Å². The minimum Gasteiger partial charge on any atom is -0.384 e. The third-order valence-electron chi connectivity index (χ3n) is 4.66. The predicted molar refractivity (Wildman–Crippen MR) is 91.2 cm³/mol. The lowest BCUT2D eigenvalue weighted by Crippen LogP contribution is -2.29. The molecule has 0 aromatic heterocycles. The number of rotatable bonds is 3. The van der Waals surface area contributed by atoms with Crippen LogP contribution in [0, 0.1) is 6.92 Å². The van der Waals surface area contributed by atoms with Crippen molar-refractivity contribution in [3.8, 4) is 0 Å². The van der Waals surface area contributed by atoms with E-state index in [0.717, 1.165) is 41.5 Å². The van der Waals surface area contributed by atoms with Crippen molar-refractivity contribution in [2.75, 3.05) is 0 Å². The lowest BCUT2D eigenvalue weighted by molar-refractivity contribution is -0.119. The SMILES string of the molecule is CC(=O)NC1CCCc2ccc(C(O)c3ccccc3C)cc21. The molecule has 0 heterocycles. The van der Waals surface area contributed by atoms with Crippen molar-refractivity contribution >= 4 is 5.91 Å². The van der Waals surface area contributed by atoms with Gasteiger partial charge in [0.15, 0.2) is 0 Å². The van der Waals surface area contributed by atoms with Crippen LogP contribution in [0.25, 0.3) is 0 Å². The van der Waals surface area contributed by atoms with Crippen molar-refractivity contribution < 1.29 is 9.90 Å². The predicted octanol–water partition coefficient (Wildman–Crippen LogP) is 3.59. The molecule has 0 saturated carbocycles. The van der Waals surface area contributed by atoms with Gasteiger partial charge in [0.2, 0.25) is 5.91 Å². The fraction of sp³-hybridized carbons (Fsp3) is 0.350. The van der Waals surface area contributed by atoms with E-state index in [4.69, 9.17) is 0 Å². The van der Waals surface area contributed by atoms with Crippen LogP contribution in [0.4, 0.5) is 0 Å². The van der Waals surface area contributed by atoms with Crippen LogP contribution in [-0.2, 0) is 11.2 Å². The second-order valence-corrected chi connectivity index (χ2v) is 6.36. The number of aryl methyl sites for hydroxylation is 2. The first-order chi connectivity index (χ1) is 11.1. The molecule has 0 bridgehead atoms. The Bertz CT molecular complexity index is 723. The molecule has 3 heteroatoms. The van der Waals surface area contributed by atoms with Gasteiger partial charge in [-0.3, -0.25) is 4.79 Å².